The van der Waals surface area contributed by atoms with E-state index in [4.69, 9.17) is 4.55 Å². The molecule has 0 bridgehead atoms. The monoisotopic (exact) mass is 358 g/mol. The molecule has 0 fully saturated rings. The van der Waals surface area contributed by atoms with Crippen molar-refractivity contribution in [2.45, 2.75) is 56.8 Å². The molecule has 2 aromatic carbocycles. The number of rotatable bonds is 7. The first-order valence-electron chi connectivity index (χ1n) is 8.25. The second-order valence-corrected chi connectivity index (χ2v) is 6.96. The van der Waals surface area contributed by atoms with E-state index < -0.39 is 10.1 Å². The molecule has 3 nitrogen and oxygen atoms in total. The van der Waals surface area contributed by atoms with Gasteiger partial charge in [0.2, 0.25) is 0 Å². The Bertz CT molecular complexity index is 673. The molecule has 0 amide bonds. The molecular formula is C19H27NaO3S. The van der Waals surface area contributed by atoms with E-state index in [1.807, 2.05) is 6.07 Å². The van der Waals surface area contributed by atoms with E-state index in [1.165, 1.54) is 44.6 Å². The summed E-state index contributed by atoms with van der Waals surface area (Å²) in [7, 11) is -4.13. The predicted octanol–water partition coefficient (Wildman–Crippen LogP) is 2.66. The molecule has 0 atom stereocenters. The first-order valence-corrected chi connectivity index (χ1v) is 9.69. The minimum absolute atomic E-state index is 0. The Balaban J connectivity index is 0.000000468. The van der Waals surface area contributed by atoms with Gasteiger partial charge in [0.1, 0.15) is 4.90 Å². The van der Waals surface area contributed by atoms with Crippen molar-refractivity contribution in [3.05, 3.63) is 49.4 Å². The molecule has 0 unspecified atom stereocenters. The molecule has 0 spiro atoms. The smallest absolute Gasteiger partial charge is 0.343 e. The normalized spacial score (nSPS) is 10.6. The van der Waals surface area contributed by atoms with E-state index >= 15 is 0 Å². The Labute approximate surface area is 168 Å². The Morgan fingerprint density at radius 1 is 0.917 bits per heavy atom. The number of unbranched alkanes of at least 4 members (excludes halogenated alkanes) is 6. The Morgan fingerprint density at radius 3 is 2.12 bits per heavy atom. The third-order valence-electron chi connectivity index (χ3n) is 3.63. The summed E-state index contributed by atoms with van der Waals surface area (Å²) in [5.41, 5.74) is 0. The van der Waals surface area contributed by atoms with Crippen LogP contribution in [-0.4, -0.2) is 13.0 Å². The fourth-order valence-corrected chi connectivity index (χ4v) is 3.09. The molecule has 0 heterocycles. The Kier molecular flexibility index (Phi) is 12.7. The van der Waals surface area contributed by atoms with Gasteiger partial charge in [-0.3, -0.25) is 4.55 Å². The average Bonchev–Trinajstić information content (AvgIpc) is 2.54. The summed E-state index contributed by atoms with van der Waals surface area (Å²) in [4.78, 5) is -0.0457. The van der Waals surface area contributed by atoms with Crippen LogP contribution in [0.5, 0.6) is 0 Å². The van der Waals surface area contributed by atoms with Crippen LogP contribution in [0.4, 0.5) is 0 Å². The zero-order chi connectivity index (χ0) is 17.1. The van der Waals surface area contributed by atoms with E-state index in [2.05, 4.69) is 13.8 Å². The summed E-state index contributed by atoms with van der Waals surface area (Å²) < 4.78 is 31.0. The van der Waals surface area contributed by atoms with Crippen LogP contribution in [0.3, 0.4) is 0 Å². The first kappa shape index (κ1) is 23.6. The van der Waals surface area contributed by atoms with Crippen molar-refractivity contribution < 1.29 is 42.5 Å². The SMILES string of the molecule is O=S(=O)(O)c1cccc2ccccc12.[CH2-]CCCCCCCC.[Na+]. The molecule has 24 heavy (non-hydrogen) atoms. The zero-order valence-corrected chi connectivity index (χ0v) is 17.7. The van der Waals surface area contributed by atoms with Crippen molar-refractivity contribution >= 4 is 20.9 Å². The van der Waals surface area contributed by atoms with Gasteiger partial charge < -0.3 is 6.92 Å². The summed E-state index contributed by atoms with van der Waals surface area (Å²) in [6.45, 7) is 6.05. The maximum Gasteiger partial charge on any atom is 1.00 e. The van der Waals surface area contributed by atoms with Gasteiger partial charge in [0, 0.05) is 5.39 Å². The summed E-state index contributed by atoms with van der Waals surface area (Å²) >= 11 is 0. The molecule has 0 aliphatic rings. The Morgan fingerprint density at radius 2 is 1.50 bits per heavy atom. The number of hydrogen-bond acceptors (Lipinski definition) is 2. The molecule has 0 saturated heterocycles. The molecule has 0 aliphatic carbocycles. The Hall–Kier alpha value is -0.390. The van der Waals surface area contributed by atoms with Crippen LogP contribution in [-0.2, 0) is 10.1 Å². The van der Waals surface area contributed by atoms with Crippen molar-refractivity contribution in [1.82, 2.24) is 0 Å². The molecule has 128 valence electrons. The second kappa shape index (κ2) is 12.9. The van der Waals surface area contributed by atoms with E-state index in [9.17, 15) is 8.42 Å². The third-order valence-corrected chi connectivity index (χ3v) is 4.54. The minimum atomic E-state index is -4.13. The van der Waals surface area contributed by atoms with Crippen LogP contribution >= 0.6 is 0 Å². The largest absolute Gasteiger partial charge is 1.00 e. The van der Waals surface area contributed by atoms with Crippen molar-refractivity contribution in [1.29, 1.82) is 0 Å². The molecule has 5 heteroatoms. The van der Waals surface area contributed by atoms with Gasteiger partial charge >= 0.3 is 29.6 Å². The van der Waals surface area contributed by atoms with Crippen LogP contribution in [0.2, 0.25) is 0 Å². The third kappa shape index (κ3) is 8.63. The first-order chi connectivity index (χ1) is 11.0. The van der Waals surface area contributed by atoms with Crippen molar-refractivity contribution in [3.8, 4) is 0 Å². The van der Waals surface area contributed by atoms with Gasteiger partial charge in [-0.05, 0) is 11.5 Å². The van der Waals surface area contributed by atoms with Crippen molar-refractivity contribution in [2.24, 2.45) is 0 Å². The van der Waals surface area contributed by atoms with Crippen LogP contribution in [0.15, 0.2) is 47.4 Å². The fraction of sp³-hybridized carbons (Fsp3) is 0.421. The second-order valence-electron chi connectivity index (χ2n) is 5.57. The molecule has 0 radical (unpaired) electrons. The molecule has 0 saturated carbocycles. The average molecular weight is 358 g/mol. The fourth-order valence-electron chi connectivity index (χ4n) is 2.38. The predicted molar refractivity (Wildman–Crippen MR) is 97.1 cm³/mol. The topological polar surface area (TPSA) is 54.4 Å². The maximum atomic E-state index is 11.0. The summed E-state index contributed by atoms with van der Waals surface area (Å²) in [5, 5.41) is 1.33. The van der Waals surface area contributed by atoms with Gasteiger partial charge in [-0.15, -0.1) is 0 Å². The minimum Gasteiger partial charge on any atom is -0.343 e. The van der Waals surface area contributed by atoms with Crippen molar-refractivity contribution in [2.75, 3.05) is 0 Å². The van der Waals surface area contributed by atoms with Crippen LogP contribution in [0.25, 0.3) is 10.8 Å². The van der Waals surface area contributed by atoms with Crippen LogP contribution < -0.4 is 29.6 Å². The maximum absolute atomic E-state index is 11.0. The van der Waals surface area contributed by atoms with Crippen LogP contribution in [0, 0.1) is 6.92 Å². The van der Waals surface area contributed by atoms with Crippen molar-refractivity contribution in [3.63, 3.8) is 0 Å². The van der Waals surface area contributed by atoms with Gasteiger partial charge in [-0.2, -0.15) is 14.8 Å². The van der Waals surface area contributed by atoms with Gasteiger partial charge in [0.05, 0.1) is 0 Å². The van der Waals surface area contributed by atoms with E-state index in [0.29, 0.717) is 5.39 Å². The van der Waals surface area contributed by atoms with Crippen LogP contribution in [0.1, 0.15) is 51.9 Å². The molecule has 2 aromatic rings. The summed E-state index contributed by atoms with van der Waals surface area (Å²) in [5.74, 6) is 0. The van der Waals surface area contributed by atoms with E-state index in [-0.39, 0.29) is 34.5 Å². The summed E-state index contributed by atoms with van der Waals surface area (Å²) in [6, 6.07) is 11.8. The molecule has 1 N–H and O–H groups in total. The van der Waals surface area contributed by atoms with Gasteiger partial charge in [-0.25, -0.2) is 0 Å². The standard InChI is InChI=1S/C10H8O3S.C9H19.Na/c11-14(12,13)10-7-3-5-8-4-1-2-6-9(8)10;1-3-5-7-9-8-6-4-2;/h1-7H,(H,11,12,13);1,3-9H2,2H3;/q;-1;+1. The molecule has 2 rings (SSSR count). The van der Waals surface area contributed by atoms with Gasteiger partial charge in [-0.1, -0.05) is 81.8 Å². The zero-order valence-electron chi connectivity index (χ0n) is 14.9. The summed E-state index contributed by atoms with van der Waals surface area (Å²) in [6.07, 6.45) is 9.45. The van der Waals surface area contributed by atoms with Gasteiger partial charge in [0.25, 0.3) is 10.1 Å². The molecule has 0 aromatic heterocycles. The quantitative estimate of drug-likeness (QED) is 0.358. The number of fused-ring (bicyclic) bond motifs is 1. The van der Waals surface area contributed by atoms with Gasteiger partial charge in [0.15, 0.2) is 0 Å². The van der Waals surface area contributed by atoms with E-state index in [0.717, 1.165) is 11.8 Å². The number of hydrogen-bond donors (Lipinski definition) is 1. The molecular weight excluding hydrogens is 331 g/mol. The molecule has 0 aliphatic heterocycles. The van der Waals surface area contributed by atoms with E-state index in [1.54, 1.807) is 30.3 Å². The number of benzene rings is 2.